The van der Waals surface area contributed by atoms with Crippen LogP contribution in [0.25, 0.3) is 0 Å². The van der Waals surface area contributed by atoms with Crippen molar-refractivity contribution >= 4 is 0 Å². The summed E-state index contributed by atoms with van der Waals surface area (Å²) in [5.74, 6) is 0. The van der Waals surface area contributed by atoms with Gasteiger partial charge in [-0.25, -0.2) is 0 Å². The molecule has 1 atom stereocenters. The molecular weight excluding hydrogens is 228 g/mol. The van der Waals surface area contributed by atoms with Crippen molar-refractivity contribution in [3.63, 3.8) is 0 Å². The van der Waals surface area contributed by atoms with Crippen LogP contribution in [-0.2, 0) is 9.47 Å². The molecule has 0 saturated heterocycles. The number of unbranched alkanes of at least 4 members (excludes halogenated alkanes) is 1. The first kappa shape index (κ1) is 17.4. The lowest BCUT2D eigenvalue weighted by molar-refractivity contribution is -0.0352. The summed E-state index contributed by atoms with van der Waals surface area (Å²) in [5, 5.41) is 12.0. The van der Waals surface area contributed by atoms with Gasteiger partial charge in [0.05, 0.1) is 24.9 Å². The number of nitriles is 1. The van der Waals surface area contributed by atoms with Crippen LogP contribution in [0.5, 0.6) is 0 Å². The zero-order valence-electron chi connectivity index (χ0n) is 12.5. The van der Waals surface area contributed by atoms with Gasteiger partial charge in [-0.3, -0.25) is 0 Å². The van der Waals surface area contributed by atoms with Crippen LogP contribution in [0.2, 0.25) is 0 Å². The molecule has 1 unspecified atom stereocenters. The van der Waals surface area contributed by atoms with E-state index < -0.39 is 5.54 Å². The van der Waals surface area contributed by atoms with Crippen LogP contribution in [0.3, 0.4) is 0 Å². The SMILES string of the molecule is CNC(C)(C#N)CCCCOCCOC(C)(C)C. The van der Waals surface area contributed by atoms with E-state index in [1.54, 1.807) is 0 Å². The Kier molecular flexibility index (Phi) is 8.17. The highest BCUT2D eigenvalue weighted by molar-refractivity contribution is 5.02. The molecule has 1 N–H and O–H groups in total. The maximum absolute atomic E-state index is 8.97. The fourth-order valence-corrected chi connectivity index (χ4v) is 1.43. The molecule has 0 aromatic carbocycles. The number of nitrogens with one attached hydrogen (secondary N) is 1. The van der Waals surface area contributed by atoms with E-state index in [1.807, 2.05) is 34.7 Å². The van der Waals surface area contributed by atoms with Gasteiger partial charge in [-0.15, -0.1) is 0 Å². The van der Waals surface area contributed by atoms with Gasteiger partial charge in [0.25, 0.3) is 0 Å². The van der Waals surface area contributed by atoms with E-state index in [1.165, 1.54) is 0 Å². The van der Waals surface area contributed by atoms with Gasteiger partial charge in [-0.2, -0.15) is 5.26 Å². The molecule has 0 saturated carbocycles. The molecule has 0 aromatic rings. The maximum Gasteiger partial charge on any atom is 0.103 e. The Hall–Kier alpha value is -0.630. The molecule has 0 radical (unpaired) electrons. The molecule has 0 rings (SSSR count). The average Bonchev–Trinajstić information content (AvgIpc) is 2.31. The van der Waals surface area contributed by atoms with E-state index in [0.717, 1.165) is 25.9 Å². The third kappa shape index (κ3) is 9.41. The Morgan fingerprint density at radius 3 is 2.22 bits per heavy atom. The zero-order valence-corrected chi connectivity index (χ0v) is 12.5. The summed E-state index contributed by atoms with van der Waals surface area (Å²) in [6.07, 6.45) is 2.82. The van der Waals surface area contributed by atoms with E-state index in [-0.39, 0.29) is 5.60 Å². The van der Waals surface area contributed by atoms with Gasteiger partial charge in [0.1, 0.15) is 5.54 Å². The molecule has 4 nitrogen and oxygen atoms in total. The highest BCUT2D eigenvalue weighted by atomic mass is 16.5. The molecule has 0 spiro atoms. The standard InChI is InChI=1S/C14H28N2O2/c1-13(2,3)18-11-10-17-9-7-6-8-14(4,12-15)16-5/h16H,6-11H2,1-5H3. The van der Waals surface area contributed by atoms with Crippen molar-refractivity contribution in [2.75, 3.05) is 26.9 Å². The first-order valence-corrected chi connectivity index (χ1v) is 6.65. The lowest BCUT2D eigenvalue weighted by Crippen LogP contribution is -2.37. The molecule has 0 aliphatic carbocycles. The highest BCUT2D eigenvalue weighted by Crippen LogP contribution is 2.12. The van der Waals surface area contributed by atoms with Crippen molar-refractivity contribution in [3.05, 3.63) is 0 Å². The molecule has 18 heavy (non-hydrogen) atoms. The zero-order chi connectivity index (χ0) is 14.1. The topological polar surface area (TPSA) is 54.3 Å². The van der Waals surface area contributed by atoms with E-state index in [9.17, 15) is 0 Å². The largest absolute Gasteiger partial charge is 0.379 e. The van der Waals surface area contributed by atoms with Crippen molar-refractivity contribution in [2.24, 2.45) is 0 Å². The Morgan fingerprint density at radius 1 is 1.06 bits per heavy atom. The van der Waals surface area contributed by atoms with Crippen molar-refractivity contribution in [3.8, 4) is 6.07 Å². The van der Waals surface area contributed by atoms with Gasteiger partial charge in [-0.1, -0.05) is 0 Å². The average molecular weight is 256 g/mol. The van der Waals surface area contributed by atoms with Crippen LogP contribution in [0.15, 0.2) is 0 Å². The van der Waals surface area contributed by atoms with E-state index >= 15 is 0 Å². The third-order valence-electron chi connectivity index (χ3n) is 2.78. The quantitative estimate of drug-likeness (QED) is 0.644. The second-order valence-corrected chi connectivity index (χ2v) is 5.72. The van der Waals surface area contributed by atoms with Crippen LogP contribution in [-0.4, -0.2) is 38.0 Å². The molecule has 4 heteroatoms. The van der Waals surface area contributed by atoms with Gasteiger partial charge in [0.2, 0.25) is 0 Å². The maximum atomic E-state index is 8.97. The van der Waals surface area contributed by atoms with Gasteiger partial charge in [0, 0.05) is 6.61 Å². The van der Waals surface area contributed by atoms with Crippen LogP contribution in [0.1, 0.15) is 47.0 Å². The minimum atomic E-state index is -0.407. The minimum absolute atomic E-state index is 0.0925. The first-order valence-electron chi connectivity index (χ1n) is 6.65. The van der Waals surface area contributed by atoms with Crippen LogP contribution >= 0.6 is 0 Å². The van der Waals surface area contributed by atoms with E-state index in [0.29, 0.717) is 13.2 Å². The predicted molar refractivity (Wildman–Crippen MR) is 73.5 cm³/mol. The normalized spacial score (nSPS) is 15.1. The smallest absolute Gasteiger partial charge is 0.103 e. The molecule has 0 aliphatic rings. The number of nitrogens with zero attached hydrogens (tertiary/aromatic N) is 1. The number of ether oxygens (including phenoxy) is 2. The third-order valence-corrected chi connectivity index (χ3v) is 2.78. The number of hydrogen-bond donors (Lipinski definition) is 1. The van der Waals surface area contributed by atoms with Crippen molar-refractivity contribution in [2.45, 2.75) is 58.1 Å². The summed E-state index contributed by atoms with van der Waals surface area (Å²) in [6.45, 7) is 10.0. The van der Waals surface area contributed by atoms with Gasteiger partial charge >= 0.3 is 0 Å². The Labute approximate surface area is 112 Å². The molecule has 0 aromatic heterocycles. The summed E-state index contributed by atoms with van der Waals surface area (Å²) < 4.78 is 11.0. The summed E-state index contributed by atoms with van der Waals surface area (Å²) in [6, 6.07) is 2.28. The summed E-state index contributed by atoms with van der Waals surface area (Å²) in [5.41, 5.74) is -0.500. The summed E-state index contributed by atoms with van der Waals surface area (Å²) in [7, 11) is 1.82. The molecule has 0 amide bonds. The molecule has 0 heterocycles. The molecule has 0 bridgehead atoms. The van der Waals surface area contributed by atoms with Crippen LogP contribution in [0.4, 0.5) is 0 Å². The lowest BCUT2D eigenvalue weighted by Gasteiger charge is -2.20. The monoisotopic (exact) mass is 256 g/mol. The van der Waals surface area contributed by atoms with Crippen molar-refractivity contribution in [1.82, 2.24) is 5.32 Å². The fourth-order valence-electron chi connectivity index (χ4n) is 1.43. The van der Waals surface area contributed by atoms with Crippen molar-refractivity contribution in [1.29, 1.82) is 5.26 Å². The fraction of sp³-hybridized carbons (Fsp3) is 0.929. The number of hydrogen-bond acceptors (Lipinski definition) is 4. The minimum Gasteiger partial charge on any atom is -0.379 e. The summed E-state index contributed by atoms with van der Waals surface area (Å²) in [4.78, 5) is 0. The molecule has 0 aliphatic heterocycles. The Bertz CT molecular complexity index is 256. The first-order chi connectivity index (χ1) is 8.33. The van der Waals surface area contributed by atoms with Crippen LogP contribution < -0.4 is 5.32 Å². The summed E-state index contributed by atoms with van der Waals surface area (Å²) >= 11 is 0. The Morgan fingerprint density at radius 2 is 1.72 bits per heavy atom. The van der Waals surface area contributed by atoms with E-state index in [2.05, 4.69) is 11.4 Å². The van der Waals surface area contributed by atoms with Crippen LogP contribution in [0, 0.1) is 11.3 Å². The number of rotatable bonds is 9. The van der Waals surface area contributed by atoms with Crippen molar-refractivity contribution < 1.29 is 9.47 Å². The second-order valence-electron chi connectivity index (χ2n) is 5.72. The second kappa shape index (κ2) is 8.47. The molecule has 106 valence electrons. The molecule has 0 fully saturated rings. The molecular formula is C14H28N2O2. The van der Waals surface area contributed by atoms with Gasteiger partial charge in [0.15, 0.2) is 0 Å². The Balaban J connectivity index is 3.40. The predicted octanol–water partition coefficient (Wildman–Crippen LogP) is 2.49. The van der Waals surface area contributed by atoms with Gasteiger partial charge < -0.3 is 14.8 Å². The van der Waals surface area contributed by atoms with Gasteiger partial charge in [-0.05, 0) is 54.0 Å². The van der Waals surface area contributed by atoms with E-state index in [4.69, 9.17) is 14.7 Å². The highest BCUT2D eigenvalue weighted by Gasteiger charge is 2.19. The lowest BCUT2D eigenvalue weighted by atomic mass is 9.97.